The van der Waals surface area contributed by atoms with Gasteiger partial charge in [-0.3, -0.25) is 4.79 Å². The third-order valence-corrected chi connectivity index (χ3v) is 3.48. The number of ether oxygens (including phenoxy) is 2. The number of hydrogen-bond acceptors (Lipinski definition) is 5. The Labute approximate surface area is 143 Å². The third-order valence-electron chi connectivity index (χ3n) is 3.48. The van der Waals surface area contributed by atoms with Crippen LogP contribution in [0, 0.1) is 17.1 Å². The molecule has 25 heavy (non-hydrogen) atoms. The van der Waals surface area contributed by atoms with Gasteiger partial charge >= 0.3 is 0 Å². The van der Waals surface area contributed by atoms with Crippen LogP contribution in [-0.2, 0) is 11.3 Å². The molecule has 0 spiro atoms. The van der Waals surface area contributed by atoms with Crippen molar-refractivity contribution in [3.8, 4) is 17.6 Å². The van der Waals surface area contributed by atoms with E-state index in [-0.39, 0.29) is 24.7 Å². The van der Waals surface area contributed by atoms with Crippen LogP contribution in [-0.4, -0.2) is 12.7 Å². The first-order valence-electron chi connectivity index (χ1n) is 7.45. The molecule has 1 heterocycles. The molecule has 126 valence electrons. The number of anilines is 1. The second kappa shape index (κ2) is 7.36. The molecule has 0 atom stereocenters. The van der Waals surface area contributed by atoms with Gasteiger partial charge in [-0.1, -0.05) is 6.07 Å². The maximum atomic E-state index is 12.8. The number of carbonyl (C=O) groups is 1. The Morgan fingerprint density at radius 1 is 1.20 bits per heavy atom. The number of nitrogens with one attached hydrogen (secondary N) is 2. The lowest BCUT2D eigenvalue weighted by molar-refractivity contribution is -0.117. The van der Waals surface area contributed by atoms with E-state index in [4.69, 9.17) is 14.7 Å². The van der Waals surface area contributed by atoms with E-state index in [9.17, 15) is 9.18 Å². The molecule has 3 rings (SSSR count). The summed E-state index contributed by atoms with van der Waals surface area (Å²) in [5, 5.41) is 14.6. The van der Waals surface area contributed by atoms with Gasteiger partial charge in [0.05, 0.1) is 0 Å². The number of rotatable bonds is 5. The van der Waals surface area contributed by atoms with Crippen molar-refractivity contribution in [1.82, 2.24) is 5.32 Å². The Morgan fingerprint density at radius 3 is 2.72 bits per heavy atom. The van der Waals surface area contributed by atoms with Gasteiger partial charge in [-0.15, -0.1) is 0 Å². The highest BCUT2D eigenvalue weighted by Crippen LogP contribution is 2.32. The van der Waals surface area contributed by atoms with Crippen molar-refractivity contribution in [2.45, 2.75) is 6.54 Å². The highest BCUT2D eigenvalue weighted by Gasteiger charge is 2.14. The highest BCUT2D eigenvalue weighted by atomic mass is 19.1. The number of hydrogen-bond donors (Lipinski definition) is 2. The van der Waals surface area contributed by atoms with Crippen molar-refractivity contribution in [3.05, 3.63) is 65.6 Å². The van der Waals surface area contributed by atoms with Gasteiger partial charge in [0.25, 0.3) is 5.91 Å². The number of halogens is 1. The maximum Gasteiger partial charge on any atom is 0.263 e. The van der Waals surface area contributed by atoms with E-state index in [0.717, 1.165) is 5.56 Å². The molecule has 0 aliphatic carbocycles. The number of benzene rings is 2. The minimum atomic E-state index is -0.519. The molecule has 6 nitrogen and oxygen atoms in total. The average molecular weight is 339 g/mol. The van der Waals surface area contributed by atoms with Crippen molar-refractivity contribution in [3.63, 3.8) is 0 Å². The molecule has 1 amide bonds. The average Bonchev–Trinajstić information content (AvgIpc) is 3.09. The quantitative estimate of drug-likeness (QED) is 0.646. The van der Waals surface area contributed by atoms with E-state index < -0.39 is 5.91 Å². The zero-order chi connectivity index (χ0) is 17.6. The Hall–Kier alpha value is -3.53. The molecular weight excluding hydrogens is 325 g/mol. The fourth-order valence-electron chi connectivity index (χ4n) is 2.18. The molecule has 1 aliphatic heterocycles. The Morgan fingerprint density at radius 2 is 1.96 bits per heavy atom. The molecular formula is C18H14FN3O3. The molecule has 0 fully saturated rings. The van der Waals surface area contributed by atoms with E-state index in [1.807, 2.05) is 6.07 Å². The van der Waals surface area contributed by atoms with E-state index in [0.29, 0.717) is 17.2 Å². The summed E-state index contributed by atoms with van der Waals surface area (Å²) in [6.45, 7) is 0.423. The lowest BCUT2D eigenvalue weighted by atomic mass is 10.2. The van der Waals surface area contributed by atoms with Gasteiger partial charge in [-0.25, -0.2) is 4.39 Å². The lowest BCUT2D eigenvalue weighted by Gasteiger charge is -2.06. The summed E-state index contributed by atoms with van der Waals surface area (Å²) in [6, 6.07) is 12.7. The van der Waals surface area contributed by atoms with Crippen molar-refractivity contribution in [2.75, 3.05) is 12.1 Å². The van der Waals surface area contributed by atoms with Gasteiger partial charge < -0.3 is 20.1 Å². The first-order chi connectivity index (χ1) is 12.2. The fourth-order valence-corrected chi connectivity index (χ4v) is 2.18. The minimum absolute atomic E-state index is 0.0925. The molecule has 0 saturated heterocycles. The zero-order valence-electron chi connectivity index (χ0n) is 13.1. The summed E-state index contributed by atoms with van der Waals surface area (Å²) in [6.07, 6.45) is 1.28. The van der Waals surface area contributed by atoms with Crippen molar-refractivity contribution >= 4 is 11.6 Å². The zero-order valence-corrected chi connectivity index (χ0v) is 13.1. The molecule has 0 bridgehead atoms. The standard InChI is InChI=1S/C18H14FN3O3/c19-14-2-4-15(5-3-14)21-10-13(8-20)18(23)22-9-12-1-6-16-17(7-12)25-11-24-16/h1-7,10,21H,9,11H2,(H,22,23)/b13-10-. The number of carbonyl (C=O) groups excluding carboxylic acids is 1. The molecule has 1 aliphatic rings. The second-order valence-corrected chi connectivity index (χ2v) is 5.19. The van der Waals surface area contributed by atoms with Crippen LogP contribution >= 0.6 is 0 Å². The van der Waals surface area contributed by atoms with Crippen LogP contribution in [0.25, 0.3) is 0 Å². The molecule has 2 N–H and O–H groups in total. The molecule has 0 radical (unpaired) electrons. The largest absolute Gasteiger partial charge is 0.454 e. The molecule has 0 saturated carbocycles. The number of nitriles is 1. The normalized spacial score (nSPS) is 12.4. The monoisotopic (exact) mass is 339 g/mol. The predicted octanol–water partition coefficient (Wildman–Crippen LogP) is 2.69. The molecule has 0 unspecified atom stereocenters. The van der Waals surface area contributed by atoms with Crippen LogP contribution in [0.3, 0.4) is 0 Å². The Kier molecular flexibility index (Phi) is 4.81. The third kappa shape index (κ3) is 4.06. The van der Waals surface area contributed by atoms with E-state index in [1.165, 1.54) is 30.5 Å². The van der Waals surface area contributed by atoms with Crippen molar-refractivity contribution in [2.24, 2.45) is 0 Å². The van der Waals surface area contributed by atoms with Crippen LogP contribution in [0.4, 0.5) is 10.1 Å². The molecule has 2 aromatic carbocycles. The fraction of sp³-hybridized carbons (Fsp3) is 0.111. The number of nitrogens with zero attached hydrogens (tertiary/aromatic N) is 1. The summed E-state index contributed by atoms with van der Waals surface area (Å²) < 4.78 is 23.3. The Bertz CT molecular complexity index is 857. The summed E-state index contributed by atoms with van der Waals surface area (Å²) in [7, 11) is 0. The first kappa shape index (κ1) is 16.3. The highest BCUT2D eigenvalue weighted by molar-refractivity contribution is 5.97. The number of amides is 1. The Balaban J connectivity index is 1.59. The predicted molar refractivity (Wildman–Crippen MR) is 88.1 cm³/mol. The smallest absolute Gasteiger partial charge is 0.263 e. The summed E-state index contributed by atoms with van der Waals surface area (Å²) in [4.78, 5) is 12.1. The van der Waals surface area contributed by atoms with E-state index in [2.05, 4.69) is 10.6 Å². The van der Waals surface area contributed by atoms with Crippen LogP contribution in [0.5, 0.6) is 11.5 Å². The second-order valence-electron chi connectivity index (χ2n) is 5.19. The van der Waals surface area contributed by atoms with Gasteiger partial charge in [-0.05, 0) is 42.0 Å². The van der Waals surface area contributed by atoms with E-state index in [1.54, 1.807) is 18.2 Å². The van der Waals surface area contributed by atoms with Crippen molar-refractivity contribution in [1.29, 1.82) is 5.26 Å². The van der Waals surface area contributed by atoms with Gasteiger partial charge in [0.2, 0.25) is 6.79 Å². The van der Waals surface area contributed by atoms with Gasteiger partial charge in [0, 0.05) is 18.4 Å². The first-order valence-corrected chi connectivity index (χ1v) is 7.45. The summed E-state index contributed by atoms with van der Waals surface area (Å²) >= 11 is 0. The van der Waals surface area contributed by atoms with Crippen LogP contribution in [0.1, 0.15) is 5.56 Å². The minimum Gasteiger partial charge on any atom is -0.454 e. The lowest BCUT2D eigenvalue weighted by Crippen LogP contribution is -2.24. The number of fused-ring (bicyclic) bond motifs is 1. The van der Waals surface area contributed by atoms with Gasteiger partial charge in [-0.2, -0.15) is 5.26 Å². The topological polar surface area (TPSA) is 83.4 Å². The SMILES string of the molecule is N#C/C(=C/Nc1ccc(F)cc1)C(=O)NCc1ccc2c(c1)OCO2. The van der Waals surface area contributed by atoms with Crippen LogP contribution < -0.4 is 20.1 Å². The summed E-state index contributed by atoms with van der Waals surface area (Å²) in [5.41, 5.74) is 1.30. The molecule has 2 aromatic rings. The maximum absolute atomic E-state index is 12.8. The molecule has 0 aromatic heterocycles. The van der Waals surface area contributed by atoms with Gasteiger partial charge in [0.15, 0.2) is 11.5 Å². The van der Waals surface area contributed by atoms with E-state index >= 15 is 0 Å². The van der Waals surface area contributed by atoms with Crippen molar-refractivity contribution < 1.29 is 18.7 Å². The molecule has 7 heteroatoms. The van der Waals surface area contributed by atoms with Crippen LogP contribution in [0.2, 0.25) is 0 Å². The summed E-state index contributed by atoms with van der Waals surface area (Å²) in [5.74, 6) is 0.406. The van der Waals surface area contributed by atoms with Crippen LogP contribution in [0.15, 0.2) is 54.2 Å². The van der Waals surface area contributed by atoms with Gasteiger partial charge in [0.1, 0.15) is 17.5 Å².